The van der Waals surface area contributed by atoms with Crippen LogP contribution in [-0.2, 0) is 22.6 Å². The number of nitrogens with one attached hydrogen (secondary N) is 1. The van der Waals surface area contributed by atoms with E-state index < -0.39 is 18.1 Å². The third kappa shape index (κ3) is 6.33. The maximum atomic E-state index is 11.9. The monoisotopic (exact) mass is 425 g/mol. The van der Waals surface area contributed by atoms with Crippen molar-refractivity contribution in [3.05, 3.63) is 52.0 Å². The van der Waals surface area contributed by atoms with Crippen LogP contribution in [0.2, 0.25) is 10.0 Å². The fourth-order valence-electron chi connectivity index (χ4n) is 2.99. The second-order valence-electron chi connectivity index (χ2n) is 7.32. The highest BCUT2D eigenvalue weighted by Gasteiger charge is 2.26. The van der Waals surface area contributed by atoms with Crippen molar-refractivity contribution < 1.29 is 14.7 Å². The number of hydrogen-bond donors (Lipinski definition) is 2. The van der Waals surface area contributed by atoms with E-state index in [-0.39, 0.29) is 18.1 Å². The molecular formula is C20H25Cl2N3O3. The number of carbonyl (C=O) groups is 2. The first-order valence-corrected chi connectivity index (χ1v) is 9.85. The Hall–Kier alpha value is -1.89. The molecule has 2 N–H and O–H groups in total. The third-order valence-electron chi connectivity index (χ3n) is 4.45. The summed E-state index contributed by atoms with van der Waals surface area (Å²) in [5.74, 6) is -0.794. The van der Waals surface area contributed by atoms with E-state index in [4.69, 9.17) is 23.2 Å². The fourth-order valence-corrected chi connectivity index (χ4v) is 3.31. The molecular weight excluding hydrogens is 401 g/mol. The number of ketones is 1. The van der Waals surface area contributed by atoms with Crippen molar-refractivity contribution in [2.75, 3.05) is 0 Å². The molecule has 8 heteroatoms. The molecule has 2 atom stereocenters. The largest absolute Gasteiger partial charge is 0.480 e. The maximum Gasteiger partial charge on any atom is 0.321 e. The zero-order valence-electron chi connectivity index (χ0n) is 16.2. The van der Waals surface area contributed by atoms with Gasteiger partial charge in [0.25, 0.3) is 0 Å². The number of aliphatic carboxylic acids is 1. The molecule has 0 bridgehead atoms. The third-order valence-corrected chi connectivity index (χ3v) is 5.19. The molecule has 1 aromatic heterocycles. The number of aromatic nitrogens is 2. The Morgan fingerprint density at radius 3 is 2.50 bits per heavy atom. The van der Waals surface area contributed by atoms with Crippen molar-refractivity contribution in [2.45, 2.75) is 52.2 Å². The van der Waals surface area contributed by atoms with Crippen LogP contribution in [0, 0.1) is 5.92 Å². The lowest BCUT2D eigenvalue weighted by atomic mass is 9.99. The number of benzene rings is 1. The van der Waals surface area contributed by atoms with Crippen molar-refractivity contribution in [3.63, 3.8) is 0 Å². The molecule has 152 valence electrons. The van der Waals surface area contributed by atoms with E-state index in [0.717, 1.165) is 11.3 Å². The summed E-state index contributed by atoms with van der Waals surface area (Å²) < 4.78 is 1.86. The molecule has 2 unspecified atom stereocenters. The van der Waals surface area contributed by atoms with Gasteiger partial charge >= 0.3 is 5.97 Å². The minimum Gasteiger partial charge on any atom is -0.480 e. The lowest BCUT2D eigenvalue weighted by Crippen LogP contribution is -2.48. The number of carbonyl (C=O) groups excluding carboxylic acids is 1. The summed E-state index contributed by atoms with van der Waals surface area (Å²) in [4.78, 5) is 27.8. The van der Waals surface area contributed by atoms with Gasteiger partial charge in [-0.2, -0.15) is 0 Å². The van der Waals surface area contributed by atoms with Crippen LogP contribution >= 0.6 is 23.2 Å². The van der Waals surface area contributed by atoms with Gasteiger partial charge < -0.3 is 9.67 Å². The molecule has 0 aliphatic rings. The van der Waals surface area contributed by atoms with Crippen LogP contribution in [0.3, 0.4) is 0 Å². The van der Waals surface area contributed by atoms with Gasteiger partial charge in [0.1, 0.15) is 11.8 Å². The van der Waals surface area contributed by atoms with Gasteiger partial charge in [-0.1, -0.05) is 43.1 Å². The Bertz CT molecular complexity index is 836. The van der Waals surface area contributed by atoms with Crippen molar-refractivity contribution in [1.82, 2.24) is 14.9 Å². The van der Waals surface area contributed by atoms with Gasteiger partial charge in [-0.15, -0.1) is 0 Å². The summed E-state index contributed by atoms with van der Waals surface area (Å²) in [7, 11) is 0. The number of Topliss-reactive ketones (excluding diaryl/α,β-unsaturated/α-hetero) is 1. The van der Waals surface area contributed by atoms with Crippen molar-refractivity contribution in [3.8, 4) is 0 Å². The number of carboxylic acids is 1. The number of hydrogen-bond acceptors (Lipinski definition) is 4. The van der Waals surface area contributed by atoms with E-state index >= 15 is 0 Å². The lowest BCUT2D eigenvalue weighted by Gasteiger charge is -2.23. The first kappa shape index (κ1) is 22.4. The minimum absolute atomic E-state index is 0.0655. The van der Waals surface area contributed by atoms with Crippen LogP contribution in [0.5, 0.6) is 0 Å². The molecule has 0 aliphatic carbocycles. The normalized spacial score (nSPS) is 13.5. The molecule has 28 heavy (non-hydrogen) atoms. The molecule has 1 heterocycles. The smallest absolute Gasteiger partial charge is 0.321 e. The second kappa shape index (κ2) is 10.0. The summed E-state index contributed by atoms with van der Waals surface area (Å²) in [5.41, 5.74) is 1.67. The molecule has 0 fully saturated rings. The Morgan fingerprint density at radius 2 is 1.93 bits per heavy atom. The Labute approximate surface area is 174 Å². The summed E-state index contributed by atoms with van der Waals surface area (Å²) in [5, 5.41) is 13.6. The Balaban J connectivity index is 2.15. The summed E-state index contributed by atoms with van der Waals surface area (Å²) >= 11 is 12.0. The van der Waals surface area contributed by atoms with Gasteiger partial charge in [0.15, 0.2) is 0 Å². The van der Waals surface area contributed by atoms with Crippen LogP contribution in [0.4, 0.5) is 0 Å². The topological polar surface area (TPSA) is 84.2 Å². The quantitative estimate of drug-likeness (QED) is 0.603. The second-order valence-corrected chi connectivity index (χ2v) is 8.13. The predicted octanol–water partition coefficient (Wildman–Crippen LogP) is 3.83. The lowest BCUT2D eigenvalue weighted by molar-refractivity contribution is -0.139. The van der Waals surface area contributed by atoms with Crippen LogP contribution in [0.25, 0.3) is 0 Å². The fraction of sp³-hybridized carbons (Fsp3) is 0.450. The van der Waals surface area contributed by atoms with Crippen molar-refractivity contribution in [2.24, 2.45) is 5.92 Å². The summed E-state index contributed by atoms with van der Waals surface area (Å²) in [6.07, 6.45) is 4.08. The minimum atomic E-state index is -1.00. The van der Waals surface area contributed by atoms with Crippen LogP contribution in [0.15, 0.2) is 30.7 Å². The van der Waals surface area contributed by atoms with Gasteiger partial charge in [0.05, 0.1) is 22.4 Å². The summed E-state index contributed by atoms with van der Waals surface area (Å²) in [6.45, 7) is 5.97. The van der Waals surface area contributed by atoms with Crippen molar-refractivity contribution >= 4 is 35.0 Å². The molecule has 2 aromatic rings. The molecule has 0 saturated heterocycles. The van der Waals surface area contributed by atoms with Gasteiger partial charge in [-0.25, -0.2) is 4.98 Å². The first-order chi connectivity index (χ1) is 13.2. The van der Waals surface area contributed by atoms with Gasteiger partial charge in [0, 0.05) is 24.9 Å². The highest BCUT2D eigenvalue weighted by Crippen LogP contribution is 2.23. The van der Waals surface area contributed by atoms with E-state index in [2.05, 4.69) is 10.3 Å². The predicted molar refractivity (Wildman–Crippen MR) is 110 cm³/mol. The van der Waals surface area contributed by atoms with Crippen LogP contribution < -0.4 is 5.32 Å². The van der Waals surface area contributed by atoms with E-state index in [0.29, 0.717) is 23.0 Å². The molecule has 0 radical (unpaired) electrons. The zero-order chi connectivity index (χ0) is 20.8. The van der Waals surface area contributed by atoms with Crippen molar-refractivity contribution in [1.29, 1.82) is 0 Å². The van der Waals surface area contributed by atoms with Gasteiger partial charge in [-0.3, -0.25) is 14.9 Å². The van der Waals surface area contributed by atoms with Gasteiger partial charge in [-0.05, 0) is 37.0 Å². The molecule has 0 spiro atoms. The van der Waals surface area contributed by atoms with E-state index in [9.17, 15) is 14.7 Å². The summed E-state index contributed by atoms with van der Waals surface area (Å²) in [6, 6.07) is 3.97. The average Bonchev–Trinajstić information content (AvgIpc) is 3.03. The molecule has 0 aliphatic heterocycles. The Kier molecular flexibility index (Phi) is 8.04. The highest BCUT2D eigenvalue weighted by molar-refractivity contribution is 6.42. The standard InChI is InChI=1S/C20H25Cl2N3O3/c1-12(2)6-18(13(3)26)24-19(20(27)28)8-15-9-23-11-25(15)10-14-4-5-16(21)17(22)7-14/h4-5,7,9,11-12,18-19,24H,6,8,10H2,1-3H3,(H,27,28). The van der Waals surface area contributed by atoms with Crippen LogP contribution in [0.1, 0.15) is 38.4 Å². The maximum absolute atomic E-state index is 11.9. The zero-order valence-corrected chi connectivity index (χ0v) is 17.7. The SMILES string of the molecule is CC(=O)C(CC(C)C)NC(Cc1cncn1Cc1ccc(Cl)c(Cl)c1)C(=O)O. The highest BCUT2D eigenvalue weighted by atomic mass is 35.5. The van der Waals surface area contributed by atoms with E-state index in [1.54, 1.807) is 24.7 Å². The Morgan fingerprint density at radius 1 is 1.21 bits per heavy atom. The molecule has 6 nitrogen and oxygen atoms in total. The van der Waals surface area contributed by atoms with E-state index in [1.165, 1.54) is 6.92 Å². The molecule has 0 amide bonds. The molecule has 0 saturated carbocycles. The van der Waals surface area contributed by atoms with Gasteiger partial charge in [0.2, 0.25) is 0 Å². The molecule has 2 rings (SSSR count). The average molecular weight is 426 g/mol. The number of nitrogens with zero attached hydrogens (tertiary/aromatic N) is 2. The molecule has 1 aromatic carbocycles. The number of halogens is 2. The number of imidazole rings is 1. The number of rotatable bonds is 10. The number of carboxylic acid groups (broad SMARTS) is 1. The van der Waals surface area contributed by atoms with E-state index in [1.807, 2.05) is 24.5 Å². The first-order valence-electron chi connectivity index (χ1n) is 9.09. The van der Waals surface area contributed by atoms with Crippen LogP contribution in [-0.4, -0.2) is 38.5 Å².